The minimum atomic E-state index is -0.558. The zero-order chi connectivity index (χ0) is 18.1. The number of ether oxygens (including phenoxy) is 2. The van der Waals surface area contributed by atoms with Gasteiger partial charge in [-0.1, -0.05) is 24.3 Å². The van der Waals surface area contributed by atoms with Gasteiger partial charge in [-0.2, -0.15) is 0 Å². The molecule has 0 aliphatic carbocycles. The lowest BCUT2D eigenvalue weighted by Gasteiger charge is -2.10. The molecule has 7 heteroatoms. The minimum Gasteiger partial charge on any atom is -0.493 e. The molecular weight excluding hydrogens is 327 g/mol. The number of aryl methyl sites for hydroxylation is 1. The summed E-state index contributed by atoms with van der Waals surface area (Å²) in [7, 11) is 0. The molecule has 2 aromatic carbocycles. The van der Waals surface area contributed by atoms with Crippen molar-refractivity contribution >= 4 is 11.8 Å². The minimum absolute atomic E-state index is 0.0827. The van der Waals surface area contributed by atoms with E-state index in [2.05, 4.69) is 10.9 Å². The maximum Gasteiger partial charge on any atom is 0.276 e. The Kier molecular flexibility index (Phi) is 6.76. The van der Waals surface area contributed by atoms with Gasteiger partial charge in [-0.15, -0.1) is 0 Å². The summed E-state index contributed by atoms with van der Waals surface area (Å²) in [4.78, 5) is 23.2. The van der Waals surface area contributed by atoms with E-state index in [9.17, 15) is 14.0 Å². The first kappa shape index (κ1) is 18.3. The molecular formula is C18H19FN2O4. The molecule has 2 amide bonds. The van der Waals surface area contributed by atoms with Crippen LogP contribution in [0.4, 0.5) is 4.39 Å². The lowest BCUT2D eigenvalue weighted by molar-refractivity contribution is -0.130. The zero-order valence-corrected chi connectivity index (χ0v) is 13.8. The number of amides is 2. The molecule has 25 heavy (non-hydrogen) atoms. The first-order valence-corrected chi connectivity index (χ1v) is 7.69. The zero-order valence-electron chi connectivity index (χ0n) is 13.8. The highest BCUT2D eigenvalue weighted by molar-refractivity contribution is 5.82. The van der Waals surface area contributed by atoms with Gasteiger partial charge in [0, 0.05) is 6.07 Å². The summed E-state index contributed by atoms with van der Waals surface area (Å²) in [6.07, 6.45) is 0.0827. The Hall–Kier alpha value is -3.09. The van der Waals surface area contributed by atoms with Gasteiger partial charge in [-0.05, 0) is 30.7 Å². The second-order valence-corrected chi connectivity index (χ2v) is 5.21. The maximum atomic E-state index is 13.0. The molecule has 0 heterocycles. The van der Waals surface area contributed by atoms with Crippen LogP contribution in [0.15, 0.2) is 48.5 Å². The molecule has 2 N–H and O–H groups in total. The fourth-order valence-electron chi connectivity index (χ4n) is 1.92. The van der Waals surface area contributed by atoms with Crippen molar-refractivity contribution in [3.05, 3.63) is 59.9 Å². The number of halogens is 1. The van der Waals surface area contributed by atoms with Gasteiger partial charge in [0.15, 0.2) is 6.61 Å². The van der Waals surface area contributed by atoms with Crippen LogP contribution in [0, 0.1) is 12.7 Å². The molecule has 0 saturated heterocycles. The third-order valence-corrected chi connectivity index (χ3v) is 3.19. The number of nitrogens with one attached hydrogen (secondary N) is 2. The van der Waals surface area contributed by atoms with Crippen LogP contribution in [-0.4, -0.2) is 25.0 Å². The van der Waals surface area contributed by atoms with Crippen LogP contribution in [0.25, 0.3) is 0 Å². The molecule has 0 unspecified atom stereocenters. The quantitative estimate of drug-likeness (QED) is 0.753. The van der Waals surface area contributed by atoms with Crippen molar-refractivity contribution in [3.8, 4) is 11.5 Å². The Labute approximate surface area is 144 Å². The molecule has 0 aromatic heterocycles. The average molecular weight is 346 g/mol. The molecule has 0 radical (unpaired) electrons. The molecule has 2 rings (SSSR count). The summed E-state index contributed by atoms with van der Waals surface area (Å²) >= 11 is 0. The van der Waals surface area contributed by atoms with E-state index in [4.69, 9.17) is 9.47 Å². The molecule has 2 aromatic rings. The van der Waals surface area contributed by atoms with Gasteiger partial charge < -0.3 is 9.47 Å². The van der Waals surface area contributed by atoms with E-state index in [1.165, 1.54) is 18.2 Å². The third kappa shape index (κ3) is 6.50. The Morgan fingerprint density at radius 1 is 1.00 bits per heavy atom. The summed E-state index contributed by atoms with van der Waals surface area (Å²) in [6.45, 7) is 1.75. The van der Waals surface area contributed by atoms with Gasteiger partial charge in [-0.3, -0.25) is 20.4 Å². The van der Waals surface area contributed by atoms with Crippen LogP contribution >= 0.6 is 0 Å². The van der Waals surface area contributed by atoms with E-state index in [-0.39, 0.29) is 25.4 Å². The second-order valence-electron chi connectivity index (χ2n) is 5.21. The van der Waals surface area contributed by atoms with Crippen LogP contribution in [0.1, 0.15) is 12.0 Å². The summed E-state index contributed by atoms with van der Waals surface area (Å²) in [6, 6.07) is 12.9. The van der Waals surface area contributed by atoms with E-state index in [0.717, 1.165) is 11.6 Å². The summed E-state index contributed by atoms with van der Waals surface area (Å²) in [5.41, 5.74) is 5.45. The Morgan fingerprint density at radius 2 is 1.76 bits per heavy atom. The van der Waals surface area contributed by atoms with Crippen LogP contribution in [-0.2, 0) is 9.59 Å². The topological polar surface area (TPSA) is 76.7 Å². The fourth-order valence-corrected chi connectivity index (χ4v) is 1.92. The van der Waals surface area contributed by atoms with Gasteiger partial charge in [0.1, 0.15) is 17.3 Å². The number of hydrazine groups is 1. The maximum absolute atomic E-state index is 13.0. The van der Waals surface area contributed by atoms with Crippen LogP contribution in [0.5, 0.6) is 11.5 Å². The monoisotopic (exact) mass is 346 g/mol. The average Bonchev–Trinajstić information content (AvgIpc) is 2.60. The highest BCUT2D eigenvalue weighted by Gasteiger charge is 2.07. The lowest BCUT2D eigenvalue weighted by Crippen LogP contribution is -2.44. The largest absolute Gasteiger partial charge is 0.493 e. The Bertz CT molecular complexity index is 737. The molecule has 132 valence electrons. The molecule has 0 aliphatic rings. The predicted octanol–water partition coefficient (Wildman–Crippen LogP) is 2.13. The molecule has 0 saturated carbocycles. The van der Waals surface area contributed by atoms with Gasteiger partial charge in [-0.25, -0.2) is 4.39 Å². The van der Waals surface area contributed by atoms with Crippen molar-refractivity contribution in [2.75, 3.05) is 13.2 Å². The number of hydrogen-bond acceptors (Lipinski definition) is 4. The molecule has 0 fully saturated rings. The molecule has 0 bridgehead atoms. The first-order valence-electron chi connectivity index (χ1n) is 7.69. The Morgan fingerprint density at radius 3 is 2.52 bits per heavy atom. The first-order chi connectivity index (χ1) is 12.0. The van der Waals surface area contributed by atoms with Crippen molar-refractivity contribution in [1.29, 1.82) is 0 Å². The number of carbonyl (C=O) groups is 2. The van der Waals surface area contributed by atoms with Crippen LogP contribution in [0.2, 0.25) is 0 Å². The number of para-hydroxylation sites is 1. The van der Waals surface area contributed by atoms with E-state index in [0.29, 0.717) is 5.75 Å². The van der Waals surface area contributed by atoms with E-state index in [1.54, 1.807) is 0 Å². The summed E-state index contributed by atoms with van der Waals surface area (Å²) < 4.78 is 23.6. The molecule has 6 nitrogen and oxygen atoms in total. The van der Waals surface area contributed by atoms with Gasteiger partial charge in [0.2, 0.25) is 5.91 Å². The SMILES string of the molecule is Cc1ccccc1OCCC(=O)NNC(=O)COc1cccc(F)c1. The number of carbonyl (C=O) groups excluding carboxylic acids is 2. The van der Waals surface area contributed by atoms with Gasteiger partial charge >= 0.3 is 0 Å². The number of hydrogen-bond donors (Lipinski definition) is 2. The van der Waals surface area contributed by atoms with Crippen LogP contribution in [0.3, 0.4) is 0 Å². The molecule has 0 aliphatic heterocycles. The van der Waals surface area contributed by atoms with E-state index < -0.39 is 17.6 Å². The third-order valence-electron chi connectivity index (χ3n) is 3.19. The van der Waals surface area contributed by atoms with Crippen molar-refractivity contribution < 1.29 is 23.5 Å². The molecule has 0 spiro atoms. The van der Waals surface area contributed by atoms with Gasteiger partial charge in [0.25, 0.3) is 5.91 Å². The summed E-state index contributed by atoms with van der Waals surface area (Å²) in [5.74, 6) is -0.471. The van der Waals surface area contributed by atoms with Crippen molar-refractivity contribution in [2.45, 2.75) is 13.3 Å². The standard InChI is InChI=1S/C18H19FN2O4/c1-13-5-2-3-8-16(13)24-10-9-17(22)20-21-18(23)12-25-15-7-4-6-14(19)11-15/h2-8,11H,9-10,12H2,1H3,(H,20,22)(H,21,23). The highest BCUT2D eigenvalue weighted by Crippen LogP contribution is 2.16. The van der Waals surface area contributed by atoms with Crippen molar-refractivity contribution in [3.63, 3.8) is 0 Å². The fraction of sp³-hybridized carbons (Fsp3) is 0.222. The number of rotatable bonds is 7. The normalized spacial score (nSPS) is 10.0. The highest BCUT2D eigenvalue weighted by atomic mass is 19.1. The van der Waals surface area contributed by atoms with Crippen LogP contribution < -0.4 is 20.3 Å². The van der Waals surface area contributed by atoms with E-state index in [1.807, 2.05) is 31.2 Å². The predicted molar refractivity (Wildman–Crippen MR) is 89.5 cm³/mol. The van der Waals surface area contributed by atoms with Gasteiger partial charge in [0.05, 0.1) is 13.0 Å². The second kappa shape index (κ2) is 9.27. The molecule has 0 atom stereocenters. The van der Waals surface area contributed by atoms with Crippen molar-refractivity contribution in [1.82, 2.24) is 10.9 Å². The number of benzene rings is 2. The Balaban J connectivity index is 1.62. The smallest absolute Gasteiger partial charge is 0.276 e. The van der Waals surface area contributed by atoms with E-state index >= 15 is 0 Å². The summed E-state index contributed by atoms with van der Waals surface area (Å²) in [5, 5.41) is 0. The lowest BCUT2D eigenvalue weighted by atomic mass is 10.2. The van der Waals surface area contributed by atoms with Crippen molar-refractivity contribution in [2.24, 2.45) is 0 Å².